The van der Waals surface area contributed by atoms with Crippen molar-refractivity contribution in [2.45, 2.75) is 70.9 Å². The number of para-hydroxylation sites is 1. The summed E-state index contributed by atoms with van der Waals surface area (Å²) in [4.78, 5) is 24.8. The third kappa shape index (κ3) is 6.76. The molecule has 3 aromatic rings. The van der Waals surface area contributed by atoms with Crippen LogP contribution in [0, 0.1) is 0 Å². The minimum absolute atomic E-state index is 0.114. The molecular weight excluding hydrogens is 562 g/mol. The van der Waals surface area contributed by atoms with Crippen LogP contribution in [0.2, 0.25) is 0 Å². The Kier molecular flexibility index (Phi) is 9.14. The van der Waals surface area contributed by atoms with Crippen LogP contribution in [0.4, 0.5) is 10.3 Å². The van der Waals surface area contributed by atoms with Gasteiger partial charge in [0, 0.05) is 0 Å². The highest BCUT2D eigenvalue weighted by molar-refractivity contribution is 7.52. The van der Waals surface area contributed by atoms with E-state index in [2.05, 4.69) is 20.0 Å². The summed E-state index contributed by atoms with van der Waals surface area (Å²) in [5, 5.41) is 13.4. The number of alkyl halides is 1. The zero-order chi connectivity index (χ0) is 29.9. The third-order valence-electron chi connectivity index (χ3n) is 6.09. The molecule has 1 aliphatic rings. The van der Waals surface area contributed by atoms with E-state index in [9.17, 15) is 14.5 Å². The smallest absolute Gasteiger partial charge is 0.459 e. The number of rotatable bonds is 12. The number of halogens is 1. The van der Waals surface area contributed by atoms with Crippen LogP contribution in [0.1, 0.15) is 40.8 Å². The Balaban J connectivity index is 1.56. The summed E-state index contributed by atoms with van der Waals surface area (Å²) in [5.41, 5.74) is 3.79. The number of esters is 1. The predicted molar refractivity (Wildman–Crippen MR) is 145 cm³/mol. The van der Waals surface area contributed by atoms with Crippen LogP contribution in [0.3, 0.4) is 0 Å². The summed E-state index contributed by atoms with van der Waals surface area (Å²) < 4.78 is 58.8. The molecule has 1 fully saturated rings. The summed E-state index contributed by atoms with van der Waals surface area (Å²) in [7, 11) is -4.29. The van der Waals surface area contributed by atoms with Gasteiger partial charge in [0.05, 0.1) is 25.6 Å². The average molecular weight is 597 g/mol. The fourth-order valence-corrected chi connectivity index (χ4v) is 5.67. The molecule has 16 heteroatoms. The quantitative estimate of drug-likeness (QED) is 0.205. The van der Waals surface area contributed by atoms with Crippen LogP contribution >= 0.6 is 7.75 Å². The predicted octanol–water partition coefficient (Wildman–Crippen LogP) is 2.93. The van der Waals surface area contributed by atoms with Gasteiger partial charge in [-0.2, -0.15) is 15.1 Å². The van der Waals surface area contributed by atoms with Gasteiger partial charge in [-0.25, -0.2) is 13.9 Å². The lowest BCUT2D eigenvalue weighted by atomic mass is 9.98. The van der Waals surface area contributed by atoms with Crippen molar-refractivity contribution in [3.63, 3.8) is 0 Å². The molecule has 4 rings (SSSR count). The molecular formula is C25H34FN6O8P. The molecule has 0 saturated carbocycles. The van der Waals surface area contributed by atoms with E-state index in [1.807, 2.05) is 0 Å². The molecule has 2 aromatic heterocycles. The maximum absolute atomic E-state index is 16.0. The normalized spacial score (nSPS) is 24.7. The van der Waals surface area contributed by atoms with E-state index < -0.39 is 56.6 Å². The van der Waals surface area contributed by atoms with Crippen molar-refractivity contribution in [2.75, 3.05) is 18.9 Å². The topological polar surface area (TPSA) is 182 Å². The maximum Gasteiger partial charge on any atom is 0.459 e. The van der Waals surface area contributed by atoms with Crippen LogP contribution in [0.5, 0.6) is 11.6 Å². The molecule has 14 nitrogen and oxygen atoms in total. The first-order valence-corrected chi connectivity index (χ1v) is 14.5. The SMILES string of the molecule is CCOc1nc(N)nc2c1ncn2C1O[C@H](CO[P@@](=O)(N[C@H](C)C(=O)OC(C)C)Oc2ccccc2)[C@@H](O)[C@@]1(C)F. The Labute approximate surface area is 235 Å². The lowest BCUT2D eigenvalue weighted by molar-refractivity contribution is -0.149. The molecule has 0 bridgehead atoms. The number of imidazole rings is 1. The summed E-state index contributed by atoms with van der Waals surface area (Å²) in [6.45, 7) is 7.38. The van der Waals surface area contributed by atoms with Gasteiger partial charge in [0.2, 0.25) is 11.8 Å². The Morgan fingerprint density at radius 3 is 2.66 bits per heavy atom. The molecule has 1 aromatic carbocycles. The van der Waals surface area contributed by atoms with Crippen LogP contribution in [0.15, 0.2) is 36.7 Å². The van der Waals surface area contributed by atoms with Gasteiger partial charge < -0.3 is 29.6 Å². The first kappa shape index (κ1) is 30.6. The van der Waals surface area contributed by atoms with Gasteiger partial charge in [-0.15, -0.1) is 0 Å². The summed E-state index contributed by atoms with van der Waals surface area (Å²) >= 11 is 0. The Morgan fingerprint density at radius 2 is 2.00 bits per heavy atom. The van der Waals surface area contributed by atoms with Crippen LogP contribution in [0.25, 0.3) is 11.2 Å². The molecule has 4 N–H and O–H groups in total. The molecule has 6 atom stereocenters. The van der Waals surface area contributed by atoms with Crippen molar-refractivity contribution < 1.29 is 42.1 Å². The molecule has 1 saturated heterocycles. The molecule has 3 heterocycles. The highest BCUT2D eigenvalue weighted by Crippen LogP contribution is 2.48. The van der Waals surface area contributed by atoms with Gasteiger partial charge in [-0.1, -0.05) is 18.2 Å². The minimum Gasteiger partial charge on any atom is -0.476 e. The van der Waals surface area contributed by atoms with E-state index in [-0.39, 0.29) is 35.3 Å². The highest BCUT2D eigenvalue weighted by atomic mass is 31.2. The van der Waals surface area contributed by atoms with Gasteiger partial charge >= 0.3 is 13.7 Å². The fraction of sp³-hybridized carbons (Fsp3) is 0.520. The number of aromatic nitrogens is 4. The Bertz CT molecular complexity index is 1410. The molecule has 0 spiro atoms. The Hall–Kier alpha value is -3.36. The summed E-state index contributed by atoms with van der Waals surface area (Å²) in [6, 6.07) is 7.03. The molecule has 0 radical (unpaired) electrons. The number of hydrogen-bond acceptors (Lipinski definition) is 12. The van der Waals surface area contributed by atoms with Crippen molar-refractivity contribution >= 4 is 30.8 Å². The number of fused-ring (bicyclic) bond motifs is 1. The largest absolute Gasteiger partial charge is 0.476 e. The molecule has 0 aliphatic carbocycles. The number of aliphatic hydroxyl groups is 1. The van der Waals surface area contributed by atoms with E-state index in [0.717, 1.165) is 6.92 Å². The molecule has 1 unspecified atom stereocenters. The van der Waals surface area contributed by atoms with Crippen molar-refractivity contribution in [2.24, 2.45) is 0 Å². The number of carbonyl (C=O) groups excluding carboxylic acids is 1. The number of aliphatic hydroxyl groups excluding tert-OH is 1. The van der Waals surface area contributed by atoms with E-state index in [1.165, 1.54) is 17.8 Å². The minimum atomic E-state index is -4.29. The Morgan fingerprint density at radius 1 is 1.29 bits per heavy atom. The van der Waals surface area contributed by atoms with Gasteiger partial charge in [0.15, 0.2) is 23.1 Å². The number of nitrogen functional groups attached to an aromatic ring is 1. The second-order valence-electron chi connectivity index (χ2n) is 9.80. The second-order valence-corrected chi connectivity index (χ2v) is 11.5. The number of benzene rings is 1. The molecule has 0 amide bonds. The van der Waals surface area contributed by atoms with E-state index in [0.29, 0.717) is 0 Å². The van der Waals surface area contributed by atoms with Gasteiger partial charge in [0.25, 0.3) is 0 Å². The number of carbonyl (C=O) groups is 1. The molecule has 1 aliphatic heterocycles. The summed E-state index contributed by atoms with van der Waals surface area (Å²) in [5.74, 6) is -0.519. The average Bonchev–Trinajstić information content (AvgIpc) is 3.41. The van der Waals surface area contributed by atoms with Crippen LogP contribution in [-0.4, -0.2) is 73.8 Å². The number of anilines is 1. The second kappa shape index (κ2) is 12.2. The monoisotopic (exact) mass is 596 g/mol. The highest BCUT2D eigenvalue weighted by Gasteiger charge is 2.56. The van der Waals surface area contributed by atoms with Crippen molar-refractivity contribution in [1.29, 1.82) is 0 Å². The van der Waals surface area contributed by atoms with Crippen molar-refractivity contribution in [1.82, 2.24) is 24.6 Å². The first-order chi connectivity index (χ1) is 19.3. The van der Waals surface area contributed by atoms with Crippen LogP contribution < -0.4 is 20.1 Å². The number of nitrogens with zero attached hydrogens (tertiary/aromatic N) is 4. The number of nitrogens with two attached hydrogens (primary N) is 1. The lowest BCUT2D eigenvalue weighted by Gasteiger charge is -2.25. The first-order valence-electron chi connectivity index (χ1n) is 13.0. The lowest BCUT2D eigenvalue weighted by Crippen LogP contribution is -2.41. The molecule has 41 heavy (non-hydrogen) atoms. The van der Waals surface area contributed by atoms with Crippen molar-refractivity contribution in [3.8, 4) is 11.6 Å². The van der Waals surface area contributed by atoms with Crippen LogP contribution in [-0.2, 0) is 23.4 Å². The van der Waals surface area contributed by atoms with Gasteiger partial charge in [-0.05, 0) is 46.8 Å². The third-order valence-corrected chi connectivity index (χ3v) is 7.74. The maximum atomic E-state index is 16.0. The summed E-state index contributed by atoms with van der Waals surface area (Å²) in [6.07, 6.45) is -3.61. The van der Waals surface area contributed by atoms with Gasteiger partial charge in [0.1, 0.15) is 24.0 Å². The van der Waals surface area contributed by atoms with E-state index >= 15 is 4.39 Å². The van der Waals surface area contributed by atoms with E-state index in [4.69, 9.17) is 29.0 Å². The van der Waals surface area contributed by atoms with Gasteiger partial charge in [-0.3, -0.25) is 13.9 Å². The number of hydrogen-bond donors (Lipinski definition) is 3. The number of ether oxygens (including phenoxy) is 3. The molecule has 224 valence electrons. The van der Waals surface area contributed by atoms with Crippen molar-refractivity contribution in [3.05, 3.63) is 36.7 Å². The zero-order valence-corrected chi connectivity index (χ0v) is 24.2. The standard InChI is InChI=1S/C25H34FN6O8P/c1-6-36-21-18-20(29-24(27)30-21)32(13-28-18)23-25(5,26)19(33)17(39-23)12-37-41(35,40-16-10-8-7-9-11-16)31-15(4)22(34)38-14(2)3/h7-11,13-15,17,19,23,33H,6,12H2,1-5H3,(H,31,35)(H2,27,29,30)/t15-,17-,19-,23?,25-,41+/m1/s1. The fourth-order valence-electron chi connectivity index (χ4n) is 4.17. The van der Waals surface area contributed by atoms with E-state index in [1.54, 1.807) is 51.1 Å². The number of nitrogens with one attached hydrogen (secondary N) is 1. The zero-order valence-electron chi connectivity index (χ0n) is 23.3.